The molecule has 0 spiro atoms. The number of carbonyl (C=O) groups is 1. The number of piperidine rings is 1. The average molecular weight is 348 g/mol. The summed E-state index contributed by atoms with van der Waals surface area (Å²) in [7, 11) is 0. The molecule has 138 valence electrons. The second kappa shape index (κ2) is 7.23. The summed E-state index contributed by atoms with van der Waals surface area (Å²) in [5, 5.41) is 8.40. The Kier molecular flexibility index (Phi) is 5.21. The Morgan fingerprint density at radius 2 is 2.12 bits per heavy atom. The molecule has 8 nitrogen and oxygen atoms in total. The van der Waals surface area contributed by atoms with Crippen molar-refractivity contribution in [3.63, 3.8) is 0 Å². The van der Waals surface area contributed by atoms with Crippen molar-refractivity contribution in [1.29, 1.82) is 0 Å². The van der Waals surface area contributed by atoms with E-state index in [4.69, 9.17) is 0 Å². The first kappa shape index (κ1) is 18.0. The zero-order valence-corrected chi connectivity index (χ0v) is 15.2. The average Bonchev–Trinajstić information content (AvgIpc) is 3.04. The molecule has 3 N–H and O–H groups in total. The van der Waals surface area contributed by atoms with Gasteiger partial charge < -0.3 is 4.90 Å². The molecule has 8 heteroatoms. The molecule has 2 atom stereocenters. The van der Waals surface area contributed by atoms with Gasteiger partial charge in [-0.1, -0.05) is 20.8 Å². The molecule has 2 aliphatic heterocycles. The van der Waals surface area contributed by atoms with E-state index < -0.39 is 0 Å². The maximum absolute atomic E-state index is 12.6. The minimum atomic E-state index is -0.297. The van der Waals surface area contributed by atoms with Crippen LogP contribution in [0.25, 0.3) is 0 Å². The molecule has 0 bridgehead atoms. The maximum Gasteiger partial charge on any atom is 0.274 e. The molecule has 2 saturated heterocycles. The van der Waals surface area contributed by atoms with Gasteiger partial charge in [0.1, 0.15) is 5.69 Å². The first-order valence-electron chi connectivity index (χ1n) is 8.94. The van der Waals surface area contributed by atoms with Crippen LogP contribution in [0.5, 0.6) is 0 Å². The molecule has 1 aromatic heterocycles. The third-order valence-electron chi connectivity index (χ3n) is 5.03. The molecule has 1 aromatic rings. The molecular weight excluding hydrogens is 320 g/mol. The Morgan fingerprint density at radius 3 is 2.76 bits per heavy atom. The predicted molar refractivity (Wildman–Crippen MR) is 94.6 cm³/mol. The number of nitrogens with zero attached hydrogens (tertiary/aromatic N) is 3. The molecule has 0 saturated carbocycles. The first-order valence-corrected chi connectivity index (χ1v) is 8.94. The fraction of sp³-hybridized carbons (Fsp3) is 0.706. The second-order valence-corrected chi connectivity index (χ2v) is 8.15. The molecule has 1 amide bonds. The molecule has 25 heavy (non-hydrogen) atoms. The van der Waals surface area contributed by atoms with E-state index in [2.05, 4.69) is 46.9 Å². The van der Waals surface area contributed by atoms with Gasteiger partial charge in [-0.15, -0.1) is 0 Å². The van der Waals surface area contributed by atoms with Crippen LogP contribution in [0.15, 0.2) is 16.9 Å². The number of amides is 1. The fourth-order valence-corrected chi connectivity index (χ4v) is 3.43. The Labute approximate surface area is 147 Å². The SMILES string of the molecule is CC(C)(C)C1CN(CC2CCCN(C(=O)c3ccc(=O)[nH]n3)C2)NN1. The minimum Gasteiger partial charge on any atom is -0.337 e. The summed E-state index contributed by atoms with van der Waals surface area (Å²) in [6.07, 6.45) is 2.10. The third kappa shape index (κ3) is 4.45. The number of hydrogen-bond donors (Lipinski definition) is 3. The lowest BCUT2D eigenvalue weighted by Gasteiger charge is -2.34. The van der Waals surface area contributed by atoms with Gasteiger partial charge in [-0.3, -0.25) is 9.59 Å². The number of aromatic nitrogens is 2. The van der Waals surface area contributed by atoms with Crippen molar-refractivity contribution in [2.24, 2.45) is 11.3 Å². The van der Waals surface area contributed by atoms with Gasteiger partial charge in [-0.05, 0) is 30.2 Å². The van der Waals surface area contributed by atoms with Gasteiger partial charge >= 0.3 is 0 Å². The van der Waals surface area contributed by atoms with Crippen LogP contribution in [0.2, 0.25) is 0 Å². The van der Waals surface area contributed by atoms with Crippen LogP contribution in [0, 0.1) is 11.3 Å². The number of likely N-dealkylation sites (tertiary alicyclic amines) is 1. The Hall–Kier alpha value is -1.77. The van der Waals surface area contributed by atoms with Crippen LogP contribution in [-0.4, -0.2) is 58.2 Å². The van der Waals surface area contributed by atoms with E-state index in [-0.39, 0.29) is 16.9 Å². The standard InChI is InChI=1S/C17H28N6O2/c1-17(2,3)14-11-23(21-19-14)10-12-5-4-8-22(9-12)16(25)13-6-7-15(24)20-18-13/h6-7,12,14,19,21H,4-5,8-11H2,1-3H3,(H,20,24). The molecule has 2 unspecified atom stereocenters. The Morgan fingerprint density at radius 1 is 1.32 bits per heavy atom. The highest BCUT2D eigenvalue weighted by Gasteiger charge is 2.33. The van der Waals surface area contributed by atoms with Crippen LogP contribution in [0.4, 0.5) is 0 Å². The van der Waals surface area contributed by atoms with Crippen LogP contribution in [-0.2, 0) is 0 Å². The second-order valence-electron chi connectivity index (χ2n) is 8.15. The van der Waals surface area contributed by atoms with Gasteiger partial charge in [0.25, 0.3) is 11.5 Å². The number of nitrogens with one attached hydrogen (secondary N) is 3. The molecule has 2 aliphatic rings. The van der Waals surface area contributed by atoms with Crippen LogP contribution in [0.1, 0.15) is 44.1 Å². The summed E-state index contributed by atoms with van der Waals surface area (Å²) < 4.78 is 0. The van der Waals surface area contributed by atoms with Crippen molar-refractivity contribution < 1.29 is 4.79 Å². The number of aromatic amines is 1. The van der Waals surface area contributed by atoms with Crippen molar-refractivity contribution in [3.8, 4) is 0 Å². The summed E-state index contributed by atoms with van der Waals surface area (Å²) in [6.45, 7) is 10.0. The summed E-state index contributed by atoms with van der Waals surface area (Å²) in [5.41, 5.74) is 6.83. The van der Waals surface area contributed by atoms with Crippen molar-refractivity contribution in [3.05, 3.63) is 28.2 Å². The van der Waals surface area contributed by atoms with Gasteiger partial charge in [-0.2, -0.15) is 10.6 Å². The van der Waals surface area contributed by atoms with Crippen LogP contribution >= 0.6 is 0 Å². The summed E-state index contributed by atoms with van der Waals surface area (Å²) in [4.78, 5) is 25.5. The summed E-state index contributed by atoms with van der Waals surface area (Å²) in [5.74, 6) is 0.314. The number of rotatable bonds is 3. The molecule has 3 heterocycles. The van der Waals surface area contributed by atoms with E-state index in [1.54, 1.807) is 0 Å². The Balaban J connectivity index is 1.56. The van der Waals surface area contributed by atoms with Gasteiger partial charge in [0.2, 0.25) is 0 Å². The number of hydrogen-bond acceptors (Lipinski definition) is 6. The molecule has 2 fully saturated rings. The monoisotopic (exact) mass is 348 g/mol. The number of carbonyl (C=O) groups excluding carboxylic acids is 1. The molecule has 0 radical (unpaired) electrons. The van der Waals surface area contributed by atoms with Crippen molar-refractivity contribution in [2.75, 3.05) is 26.2 Å². The maximum atomic E-state index is 12.6. The van der Waals surface area contributed by atoms with Gasteiger partial charge in [-0.25, -0.2) is 15.5 Å². The van der Waals surface area contributed by atoms with E-state index in [9.17, 15) is 9.59 Å². The quantitative estimate of drug-likeness (QED) is 0.730. The smallest absolute Gasteiger partial charge is 0.274 e. The summed E-state index contributed by atoms with van der Waals surface area (Å²) in [6, 6.07) is 3.23. The number of H-pyrrole nitrogens is 1. The highest BCUT2D eigenvalue weighted by molar-refractivity contribution is 5.92. The largest absolute Gasteiger partial charge is 0.337 e. The molecular formula is C17H28N6O2. The highest BCUT2D eigenvalue weighted by atomic mass is 16.2. The lowest BCUT2D eigenvalue weighted by Crippen LogP contribution is -2.46. The molecule has 0 aliphatic carbocycles. The van der Waals surface area contributed by atoms with Gasteiger partial charge in [0, 0.05) is 38.3 Å². The predicted octanol–water partition coefficient (Wildman–Crippen LogP) is 0.362. The van der Waals surface area contributed by atoms with Crippen LogP contribution < -0.4 is 16.5 Å². The topological polar surface area (TPSA) is 93.4 Å². The van der Waals surface area contributed by atoms with E-state index >= 15 is 0 Å². The first-order chi connectivity index (χ1) is 11.8. The van der Waals surface area contributed by atoms with E-state index in [0.717, 1.165) is 39.0 Å². The van der Waals surface area contributed by atoms with E-state index in [1.807, 2.05) is 4.90 Å². The third-order valence-corrected chi connectivity index (χ3v) is 5.03. The lowest BCUT2D eigenvalue weighted by molar-refractivity contribution is 0.0618. The number of hydrazine groups is 2. The van der Waals surface area contributed by atoms with E-state index in [1.165, 1.54) is 12.1 Å². The van der Waals surface area contributed by atoms with Gasteiger partial charge in [0.05, 0.1) is 0 Å². The van der Waals surface area contributed by atoms with Crippen molar-refractivity contribution >= 4 is 5.91 Å². The van der Waals surface area contributed by atoms with Crippen molar-refractivity contribution in [1.82, 2.24) is 31.1 Å². The van der Waals surface area contributed by atoms with Crippen LogP contribution in [0.3, 0.4) is 0 Å². The summed E-state index contributed by atoms with van der Waals surface area (Å²) >= 11 is 0. The molecule has 0 aromatic carbocycles. The van der Waals surface area contributed by atoms with E-state index in [0.29, 0.717) is 17.7 Å². The lowest BCUT2D eigenvalue weighted by atomic mass is 9.87. The van der Waals surface area contributed by atoms with Crippen molar-refractivity contribution in [2.45, 2.75) is 39.7 Å². The Bertz CT molecular complexity index is 647. The highest BCUT2D eigenvalue weighted by Crippen LogP contribution is 2.24. The normalized spacial score (nSPS) is 25.3. The zero-order valence-electron chi connectivity index (χ0n) is 15.2. The van der Waals surface area contributed by atoms with Gasteiger partial charge in [0.15, 0.2) is 0 Å². The fourth-order valence-electron chi connectivity index (χ4n) is 3.43. The zero-order chi connectivity index (χ0) is 18.0. The minimum absolute atomic E-state index is 0.110. The molecule has 3 rings (SSSR count).